The highest BCUT2D eigenvalue weighted by molar-refractivity contribution is 14.1. The molecule has 20 heavy (non-hydrogen) atoms. The third-order valence-corrected chi connectivity index (χ3v) is 5.37. The Morgan fingerprint density at radius 2 is 1.90 bits per heavy atom. The van der Waals surface area contributed by atoms with Crippen molar-refractivity contribution in [3.8, 4) is 0 Å². The molecule has 0 fully saturated rings. The highest BCUT2D eigenvalue weighted by Crippen LogP contribution is 2.27. The molecule has 0 aromatic heterocycles. The molecule has 8 heteroatoms. The molecule has 2 aromatic carbocycles. The first-order valence-corrected chi connectivity index (χ1v) is 8.96. The summed E-state index contributed by atoms with van der Waals surface area (Å²) in [6, 6.07) is 8.47. The zero-order valence-electron chi connectivity index (χ0n) is 9.70. The highest BCUT2D eigenvalue weighted by Gasteiger charge is 2.17. The van der Waals surface area contributed by atoms with Crippen molar-refractivity contribution in [1.29, 1.82) is 0 Å². The standard InChI is InChI=1S/C12H7BrClFINO2S/c13-9-3-2-8(6-11(9)15)20(18,19)17-12-4-1-7(16)5-10(12)14/h1-6,17H. The molecule has 1 N–H and O–H groups in total. The Kier molecular flexibility index (Phi) is 4.93. The van der Waals surface area contributed by atoms with E-state index in [0.717, 1.165) is 9.64 Å². The van der Waals surface area contributed by atoms with E-state index < -0.39 is 15.8 Å². The van der Waals surface area contributed by atoms with Crippen LogP contribution in [0.4, 0.5) is 10.1 Å². The smallest absolute Gasteiger partial charge is 0.262 e. The minimum absolute atomic E-state index is 0.173. The third kappa shape index (κ3) is 3.63. The van der Waals surface area contributed by atoms with E-state index in [9.17, 15) is 12.8 Å². The predicted octanol–water partition coefficient (Wildman–Crippen LogP) is 4.65. The first kappa shape index (κ1) is 16.0. The van der Waals surface area contributed by atoms with Crippen molar-refractivity contribution < 1.29 is 12.8 Å². The van der Waals surface area contributed by atoms with E-state index in [0.29, 0.717) is 0 Å². The molecule has 0 amide bonds. The molecular formula is C12H7BrClFINO2S. The van der Waals surface area contributed by atoms with E-state index in [1.807, 2.05) is 0 Å². The number of halogens is 4. The summed E-state index contributed by atoms with van der Waals surface area (Å²) in [6.07, 6.45) is 0. The maximum absolute atomic E-state index is 13.4. The Balaban J connectivity index is 2.38. The summed E-state index contributed by atoms with van der Waals surface area (Å²) < 4.78 is 41.1. The van der Waals surface area contributed by atoms with Crippen molar-refractivity contribution in [2.24, 2.45) is 0 Å². The molecule has 0 aliphatic carbocycles. The number of nitrogens with one attached hydrogen (secondary N) is 1. The summed E-state index contributed by atoms with van der Waals surface area (Å²) in [5.74, 6) is -0.651. The van der Waals surface area contributed by atoms with Crippen LogP contribution in [0, 0.1) is 9.39 Å². The summed E-state index contributed by atoms with van der Waals surface area (Å²) in [6.45, 7) is 0. The fourth-order valence-corrected chi connectivity index (χ4v) is 3.72. The monoisotopic (exact) mass is 489 g/mol. The van der Waals surface area contributed by atoms with Crippen molar-refractivity contribution >= 4 is 65.8 Å². The van der Waals surface area contributed by atoms with Crippen LogP contribution in [0.25, 0.3) is 0 Å². The zero-order valence-corrected chi connectivity index (χ0v) is 15.0. The average Bonchev–Trinajstić information content (AvgIpc) is 2.36. The lowest BCUT2D eigenvalue weighted by Gasteiger charge is -2.10. The van der Waals surface area contributed by atoms with Gasteiger partial charge in [0.05, 0.1) is 20.1 Å². The van der Waals surface area contributed by atoms with Crippen LogP contribution < -0.4 is 4.72 Å². The van der Waals surface area contributed by atoms with Gasteiger partial charge in [-0.3, -0.25) is 4.72 Å². The van der Waals surface area contributed by atoms with E-state index in [4.69, 9.17) is 11.6 Å². The number of rotatable bonds is 3. The average molecular weight is 491 g/mol. The van der Waals surface area contributed by atoms with E-state index in [1.165, 1.54) is 12.1 Å². The summed E-state index contributed by atoms with van der Waals surface area (Å²) in [5.41, 5.74) is 0.246. The van der Waals surface area contributed by atoms with Gasteiger partial charge < -0.3 is 0 Å². The molecule has 0 aliphatic heterocycles. The fraction of sp³-hybridized carbons (Fsp3) is 0. The lowest BCUT2D eigenvalue weighted by atomic mass is 10.3. The van der Waals surface area contributed by atoms with Crippen LogP contribution in [0.2, 0.25) is 5.02 Å². The normalized spacial score (nSPS) is 11.4. The van der Waals surface area contributed by atoms with E-state index in [1.54, 1.807) is 18.2 Å². The molecule has 0 radical (unpaired) electrons. The molecule has 0 bridgehead atoms. The molecule has 2 rings (SSSR count). The van der Waals surface area contributed by atoms with Gasteiger partial charge in [0.15, 0.2) is 0 Å². The predicted molar refractivity (Wildman–Crippen MR) is 89.1 cm³/mol. The molecule has 0 unspecified atom stereocenters. The second-order valence-corrected chi connectivity index (χ2v) is 8.00. The summed E-state index contributed by atoms with van der Waals surface area (Å²) in [5, 5.41) is 0.276. The maximum atomic E-state index is 13.4. The Bertz CT molecular complexity index is 770. The van der Waals surface area contributed by atoms with Gasteiger partial charge in [0.1, 0.15) is 5.82 Å². The molecular weight excluding hydrogens is 483 g/mol. The van der Waals surface area contributed by atoms with Crippen molar-refractivity contribution in [1.82, 2.24) is 0 Å². The van der Waals surface area contributed by atoms with Gasteiger partial charge in [-0.1, -0.05) is 11.6 Å². The number of anilines is 1. The van der Waals surface area contributed by atoms with Crippen molar-refractivity contribution in [3.63, 3.8) is 0 Å². The van der Waals surface area contributed by atoms with E-state index in [2.05, 4.69) is 43.2 Å². The molecule has 106 valence electrons. The maximum Gasteiger partial charge on any atom is 0.262 e. The number of sulfonamides is 1. The third-order valence-electron chi connectivity index (χ3n) is 2.38. The van der Waals surface area contributed by atoms with Crippen LogP contribution in [0.3, 0.4) is 0 Å². The van der Waals surface area contributed by atoms with Gasteiger partial charge in [-0.05, 0) is 74.9 Å². The van der Waals surface area contributed by atoms with E-state index in [-0.39, 0.29) is 20.1 Å². The zero-order chi connectivity index (χ0) is 14.9. The summed E-state index contributed by atoms with van der Waals surface area (Å²) in [4.78, 5) is -0.173. The summed E-state index contributed by atoms with van der Waals surface area (Å²) >= 11 is 11.0. The Morgan fingerprint density at radius 1 is 1.20 bits per heavy atom. The van der Waals surface area contributed by atoms with Gasteiger partial charge >= 0.3 is 0 Å². The van der Waals surface area contributed by atoms with Crippen molar-refractivity contribution in [2.75, 3.05) is 4.72 Å². The Labute approximate surface area is 142 Å². The molecule has 0 aliphatic rings. The first-order chi connectivity index (χ1) is 9.29. The first-order valence-electron chi connectivity index (χ1n) is 5.22. The van der Waals surface area contributed by atoms with Gasteiger partial charge in [0.2, 0.25) is 0 Å². The van der Waals surface area contributed by atoms with Gasteiger partial charge in [-0.25, -0.2) is 12.8 Å². The van der Waals surface area contributed by atoms with Crippen LogP contribution in [0.5, 0.6) is 0 Å². The molecule has 2 aromatic rings. The fourth-order valence-electron chi connectivity index (χ4n) is 1.42. The molecule has 0 spiro atoms. The number of hydrogen-bond acceptors (Lipinski definition) is 2. The quantitative estimate of drug-likeness (QED) is 0.637. The van der Waals surface area contributed by atoms with Gasteiger partial charge in [0.25, 0.3) is 10.0 Å². The molecule has 0 heterocycles. The second-order valence-electron chi connectivity index (χ2n) is 3.81. The van der Waals surface area contributed by atoms with Crippen molar-refractivity contribution in [3.05, 3.63) is 55.3 Å². The minimum Gasteiger partial charge on any atom is -0.278 e. The van der Waals surface area contributed by atoms with Crippen LogP contribution in [-0.2, 0) is 10.0 Å². The van der Waals surface area contributed by atoms with E-state index >= 15 is 0 Å². The van der Waals surface area contributed by atoms with Gasteiger partial charge in [0, 0.05) is 3.57 Å². The van der Waals surface area contributed by atoms with Crippen molar-refractivity contribution in [2.45, 2.75) is 4.90 Å². The van der Waals surface area contributed by atoms with Gasteiger partial charge in [-0.15, -0.1) is 0 Å². The second kappa shape index (κ2) is 6.17. The van der Waals surface area contributed by atoms with Crippen LogP contribution in [0.15, 0.2) is 45.8 Å². The molecule has 0 saturated heterocycles. The molecule has 3 nitrogen and oxygen atoms in total. The lowest BCUT2D eigenvalue weighted by molar-refractivity contribution is 0.593. The Morgan fingerprint density at radius 3 is 2.50 bits per heavy atom. The SMILES string of the molecule is O=S(=O)(Nc1ccc(I)cc1Cl)c1ccc(Br)c(F)c1. The highest BCUT2D eigenvalue weighted by atomic mass is 127. The topological polar surface area (TPSA) is 46.2 Å². The largest absolute Gasteiger partial charge is 0.278 e. The van der Waals surface area contributed by atoms with Crippen LogP contribution >= 0.6 is 50.1 Å². The van der Waals surface area contributed by atoms with Gasteiger partial charge in [-0.2, -0.15) is 0 Å². The lowest BCUT2D eigenvalue weighted by Crippen LogP contribution is -2.13. The number of hydrogen-bond donors (Lipinski definition) is 1. The minimum atomic E-state index is -3.89. The van der Waals surface area contributed by atoms with Crippen LogP contribution in [-0.4, -0.2) is 8.42 Å². The summed E-state index contributed by atoms with van der Waals surface area (Å²) in [7, 11) is -3.89. The molecule has 0 saturated carbocycles. The number of benzene rings is 2. The van der Waals surface area contributed by atoms with Crippen LogP contribution in [0.1, 0.15) is 0 Å². The molecule has 0 atom stereocenters. The Hall–Kier alpha value is -0.380.